The van der Waals surface area contributed by atoms with Gasteiger partial charge in [0.15, 0.2) is 0 Å². The lowest BCUT2D eigenvalue weighted by Crippen LogP contribution is -2.49. The van der Waals surface area contributed by atoms with Gasteiger partial charge < -0.3 is 19.9 Å². The molecule has 3 atom stereocenters. The number of carbonyl (C=O) groups is 1. The van der Waals surface area contributed by atoms with E-state index in [0.717, 1.165) is 64.6 Å². The number of carbonyl (C=O) groups excluding carboxylic acids is 1. The Morgan fingerprint density at radius 1 is 1.11 bits per heavy atom. The van der Waals surface area contributed by atoms with Crippen molar-refractivity contribution < 1.29 is 9.53 Å². The second-order valence-electron chi connectivity index (χ2n) is 8.05. The molecular formula is C20H31N5O2. The average Bonchev–Trinajstić information content (AvgIpc) is 3.18. The number of nitrogens with one attached hydrogen (secondary N) is 1. The van der Waals surface area contributed by atoms with E-state index in [1.54, 1.807) is 6.20 Å². The smallest absolute Gasteiger partial charge is 0.255 e. The van der Waals surface area contributed by atoms with Crippen molar-refractivity contribution in [2.75, 3.05) is 57.3 Å². The molecule has 3 unspecified atom stereocenters. The predicted molar refractivity (Wildman–Crippen MR) is 105 cm³/mol. The van der Waals surface area contributed by atoms with Crippen LogP contribution in [-0.4, -0.2) is 91.3 Å². The highest BCUT2D eigenvalue weighted by molar-refractivity contribution is 5.94. The van der Waals surface area contributed by atoms with Crippen LogP contribution in [0.5, 0.6) is 0 Å². The molecule has 0 saturated carbocycles. The zero-order valence-electron chi connectivity index (χ0n) is 16.4. The first-order valence-corrected chi connectivity index (χ1v) is 10.2. The molecule has 7 nitrogen and oxygen atoms in total. The lowest BCUT2D eigenvalue weighted by atomic mass is 10.2. The Balaban J connectivity index is 1.36. The largest absolute Gasteiger partial charge is 0.372 e. The first-order chi connectivity index (χ1) is 13.1. The number of pyridine rings is 1. The minimum Gasteiger partial charge on any atom is -0.372 e. The van der Waals surface area contributed by atoms with Crippen molar-refractivity contribution in [2.45, 2.75) is 38.5 Å². The normalized spacial score (nSPS) is 29.9. The highest BCUT2D eigenvalue weighted by Crippen LogP contribution is 2.21. The summed E-state index contributed by atoms with van der Waals surface area (Å²) in [7, 11) is 0. The monoisotopic (exact) mass is 373 g/mol. The lowest BCUT2D eigenvalue weighted by molar-refractivity contribution is -0.00546. The summed E-state index contributed by atoms with van der Waals surface area (Å²) in [6.07, 6.45) is 3.20. The van der Waals surface area contributed by atoms with Gasteiger partial charge in [-0.25, -0.2) is 4.98 Å². The summed E-state index contributed by atoms with van der Waals surface area (Å²) in [6, 6.07) is 4.40. The van der Waals surface area contributed by atoms with Crippen LogP contribution in [0.15, 0.2) is 18.3 Å². The Hall–Kier alpha value is -1.70. The van der Waals surface area contributed by atoms with Crippen LogP contribution >= 0.6 is 0 Å². The molecule has 3 saturated heterocycles. The molecule has 4 heterocycles. The van der Waals surface area contributed by atoms with E-state index in [2.05, 4.69) is 33.9 Å². The van der Waals surface area contributed by atoms with Crippen molar-refractivity contribution in [1.29, 1.82) is 0 Å². The molecule has 27 heavy (non-hydrogen) atoms. The van der Waals surface area contributed by atoms with Gasteiger partial charge in [-0.15, -0.1) is 0 Å². The summed E-state index contributed by atoms with van der Waals surface area (Å²) >= 11 is 0. The number of hydrogen-bond acceptors (Lipinski definition) is 6. The number of likely N-dealkylation sites (tertiary alicyclic amines) is 1. The van der Waals surface area contributed by atoms with Crippen LogP contribution in [0.3, 0.4) is 0 Å². The van der Waals surface area contributed by atoms with Gasteiger partial charge in [0.25, 0.3) is 5.91 Å². The number of hydrogen-bond donors (Lipinski definition) is 1. The second-order valence-corrected chi connectivity index (χ2v) is 8.05. The van der Waals surface area contributed by atoms with Gasteiger partial charge in [-0.2, -0.15) is 0 Å². The van der Waals surface area contributed by atoms with Crippen molar-refractivity contribution in [2.24, 2.45) is 0 Å². The third-order valence-electron chi connectivity index (χ3n) is 5.86. The van der Waals surface area contributed by atoms with E-state index in [1.807, 2.05) is 17.0 Å². The summed E-state index contributed by atoms with van der Waals surface area (Å²) in [5.74, 6) is 1.03. The quantitative estimate of drug-likeness (QED) is 0.846. The van der Waals surface area contributed by atoms with E-state index < -0.39 is 0 Å². The molecule has 0 bridgehead atoms. The molecule has 0 aliphatic carbocycles. The Morgan fingerprint density at radius 2 is 1.85 bits per heavy atom. The first kappa shape index (κ1) is 18.7. The van der Waals surface area contributed by atoms with Gasteiger partial charge in [0.2, 0.25) is 0 Å². The average molecular weight is 374 g/mol. The molecule has 7 heteroatoms. The fourth-order valence-electron chi connectivity index (χ4n) is 4.52. The van der Waals surface area contributed by atoms with Crippen LogP contribution in [0, 0.1) is 0 Å². The van der Waals surface area contributed by atoms with Gasteiger partial charge in [0.1, 0.15) is 5.82 Å². The summed E-state index contributed by atoms with van der Waals surface area (Å²) < 4.78 is 5.79. The zero-order chi connectivity index (χ0) is 18.8. The summed E-state index contributed by atoms with van der Waals surface area (Å²) in [5, 5.41) is 3.39. The molecule has 0 spiro atoms. The third-order valence-corrected chi connectivity index (χ3v) is 5.86. The summed E-state index contributed by atoms with van der Waals surface area (Å²) in [6.45, 7) is 11.8. The van der Waals surface area contributed by atoms with Gasteiger partial charge in [-0.3, -0.25) is 9.69 Å². The molecule has 1 N–H and O–H groups in total. The van der Waals surface area contributed by atoms with Gasteiger partial charge in [0.05, 0.1) is 17.8 Å². The minimum absolute atomic E-state index is 0.107. The number of amides is 1. The third kappa shape index (κ3) is 4.25. The number of nitrogens with zero attached hydrogens (tertiary/aromatic N) is 4. The summed E-state index contributed by atoms with van der Waals surface area (Å²) in [4.78, 5) is 24.2. The van der Waals surface area contributed by atoms with E-state index in [1.165, 1.54) is 0 Å². The number of morpholine rings is 1. The van der Waals surface area contributed by atoms with Crippen molar-refractivity contribution >= 4 is 11.7 Å². The standard InChI is InChI=1S/C20H31N5O2/c1-15-12-25(13-16(2)27-15)19-4-3-17(11-22-19)20(26)24-8-5-18(14-24)23-9-6-21-7-10-23/h3-4,11,15-16,18,21H,5-10,12-14H2,1-2H3. The van der Waals surface area contributed by atoms with Gasteiger partial charge in [-0.05, 0) is 32.4 Å². The maximum absolute atomic E-state index is 12.9. The Kier molecular flexibility index (Phi) is 5.61. The molecule has 3 aliphatic heterocycles. The molecule has 1 amide bonds. The molecule has 0 aromatic carbocycles. The van der Waals surface area contributed by atoms with Crippen LogP contribution in [0.2, 0.25) is 0 Å². The SMILES string of the molecule is CC1CN(c2ccc(C(=O)N3CCC(N4CCNCC4)C3)cn2)CC(C)O1. The van der Waals surface area contributed by atoms with Crippen LogP contribution in [-0.2, 0) is 4.74 Å². The molecule has 1 aromatic heterocycles. The second kappa shape index (κ2) is 8.12. The fraction of sp³-hybridized carbons (Fsp3) is 0.700. The van der Waals surface area contributed by atoms with Crippen molar-refractivity contribution in [3.63, 3.8) is 0 Å². The van der Waals surface area contributed by atoms with E-state index in [4.69, 9.17) is 4.74 Å². The van der Waals surface area contributed by atoms with Crippen LogP contribution < -0.4 is 10.2 Å². The van der Waals surface area contributed by atoms with Crippen molar-refractivity contribution in [3.05, 3.63) is 23.9 Å². The topological polar surface area (TPSA) is 60.9 Å². The number of piperazine rings is 1. The molecule has 3 aliphatic rings. The minimum atomic E-state index is 0.107. The van der Waals surface area contributed by atoms with Crippen LogP contribution in [0.4, 0.5) is 5.82 Å². The molecule has 148 valence electrons. The molecule has 3 fully saturated rings. The first-order valence-electron chi connectivity index (χ1n) is 10.2. The lowest BCUT2D eigenvalue weighted by Gasteiger charge is -2.36. The maximum atomic E-state index is 12.9. The molecule has 0 radical (unpaired) electrons. The highest BCUT2D eigenvalue weighted by Gasteiger charge is 2.31. The fourth-order valence-corrected chi connectivity index (χ4v) is 4.52. The number of ether oxygens (including phenoxy) is 1. The predicted octanol–water partition coefficient (Wildman–Crippen LogP) is 0.815. The molecule has 1 aromatic rings. The highest BCUT2D eigenvalue weighted by atomic mass is 16.5. The van der Waals surface area contributed by atoms with Gasteiger partial charge >= 0.3 is 0 Å². The van der Waals surface area contributed by atoms with E-state index >= 15 is 0 Å². The van der Waals surface area contributed by atoms with E-state index in [9.17, 15) is 4.79 Å². The van der Waals surface area contributed by atoms with Gasteiger partial charge in [0, 0.05) is 64.6 Å². The van der Waals surface area contributed by atoms with Crippen molar-refractivity contribution in [3.8, 4) is 0 Å². The van der Waals surface area contributed by atoms with E-state index in [0.29, 0.717) is 11.6 Å². The Labute approximate surface area is 161 Å². The van der Waals surface area contributed by atoms with E-state index in [-0.39, 0.29) is 18.1 Å². The summed E-state index contributed by atoms with van der Waals surface area (Å²) in [5.41, 5.74) is 0.689. The van der Waals surface area contributed by atoms with Crippen LogP contribution in [0.1, 0.15) is 30.6 Å². The van der Waals surface area contributed by atoms with Crippen molar-refractivity contribution in [1.82, 2.24) is 20.1 Å². The number of anilines is 1. The molecular weight excluding hydrogens is 342 g/mol. The molecule has 4 rings (SSSR count). The number of aromatic nitrogens is 1. The maximum Gasteiger partial charge on any atom is 0.255 e. The Bertz CT molecular complexity index is 636. The zero-order valence-corrected chi connectivity index (χ0v) is 16.4. The van der Waals surface area contributed by atoms with Crippen LogP contribution in [0.25, 0.3) is 0 Å². The van der Waals surface area contributed by atoms with Gasteiger partial charge in [-0.1, -0.05) is 0 Å². The Morgan fingerprint density at radius 3 is 2.52 bits per heavy atom. The number of rotatable bonds is 3.